The third-order valence-electron chi connectivity index (χ3n) is 3.49. The van der Waals surface area contributed by atoms with Gasteiger partial charge >= 0.3 is 5.97 Å². The van der Waals surface area contributed by atoms with Gasteiger partial charge in [-0.15, -0.1) is 5.92 Å². The van der Waals surface area contributed by atoms with Crippen molar-refractivity contribution in [2.24, 2.45) is 11.7 Å². The van der Waals surface area contributed by atoms with E-state index in [-0.39, 0.29) is 13.0 Å². The summed E-state index contributed by atoms with van der Waals surface area (Å²) >= 11 is 0. The van der Waals surface area contributed by atoms with Crippen LogP contribution < -0.4 is 5.73 Å². The summed E-state index contributed by atoms with van der Waals surface area (Å²) < 4.78 is 0. The highest BCUT2D eigenvalue weighted by atomic mass is 16.4. The number of hydrogen-bond donors (Lipinski definition) is 3. The second-order valence-corrected chi connectivity index (χ2v) is 5.48. The van der Waals surface area contributed by atoms with Gasteiger partial charge in [0.2, 0.25) is 0 Å². The quantitative estimate of drug-likeness (QED) is 0.360. The first-order chi connectivity index (χ1) is 10.2. The van der Waals surface area contributed by atoms with Crippen LogP contribution in [0.5, 0.6) is 0 Å². The summed E-state index contributed by atoms with van der Waals surface area (Å²) in [5, 5.41) is 17.4. The van der Waals surface area contributed by atoms with Crippen LogP contribution in [0.3, 0.4) is 0 Å². The van der Waals surface area contributed by atoms with Gasteiger partial charge < -0.3 is 15.9 Å². The number of aliphatic hydroxyl groups excluding tert-OH is 1. The zero-order chi connectivity index (χ0) is 15.8. The molecule has 0 spiro atoms. The van der Waals surface area contributed by atoms with Gasteiger partial charge in [0.25, 0.3) is 0 Å². The minimum Gasteiger partial charge on any atom is -0.481 e. The molecule has 0 fully saturated rings. The Hall–Kier alpha value is -1.05. The Bertz CT molecular complexity index is 307. The molecule has 122 valence electrons. The van der Waals surface area contributed by atoms with Crippen LogP contribution >= 0.6 is 0 Å². The number of aliphatic carboxylic acids is 1. The number of hydrogen-bond acceptors (Lipinski definition) is 3. The number of unbranched alkanes of at least 4 members (excludes halogenated alkanes) is 5. The van der Waals surface area contributed by atoms with E-state index in [1.165, 1.54) is 12.8 Å². The molecular formula is C17H31NO3. The number of carbonyl (C=O) groups is 1. The molecule has 0 aliphatic heterocycles. The largest absolute Gasteiger partial charge is 0.481 e. The Morgan fingerprint density at radius 1 is 1.00 bits per heavy atom. The number of rotatable bonds is 13. The molecule has 0 amide bonds. The van der Waals surface area contributed by atoms with Gasteiger partial charge in [-0.25, -0.2) is 0 Å². The van der Waals surface area contributed by atoms with E-state index in [1.54, 1.807) is 0 Å². The molecule has 0 heterocycles. The Labute approximate surface area is 129 Å². The highest BCUT2D eigenvalue weighted by molar-refractivity contribution is 5.66. The molecule has 0 saturated heterocycles. The molecule has 21 heavy (non-hydrogen) atoms. The zero-order valence-electron chi connectivity index (χ0n) is 13.1. The van der Waals surface area contributed by atoms with E-state index >= 15 is 0 Å². The predicted octanol–water partition coefficient (Wildman–Crippen LogP) is 2.93. The highest BCUT2D eigenvalue weighted by Crippen LogP contribution is 2.17. The Balaban J connectivity index is 3.98. The van der Waals surface area contributed by atoms with E-state index in [4.69, 9.17) is 15.9 Å². The van der Waals surface area contributed by atoms with Crippen molar-refractivity contribution in [3.8, 4) is 11.8 Å². The molecule has 0 aromatic carbocycles. The van der Waals surface area contributed by atoms with Crippen LogP contribution in [0.15, 0.2) is 0 Å². The fourth-order valence-electron chi connectivity index (χ4n) is 2.24. The number of carboxylic acid groups (broad SMARTS) is 1. The van der Waals surface area contributed by atoms with Crippen molar-refractivity contribution in [3.05, 3.63) is 0 Å². The molecule has 0 aromatic heterocycles. The van der Waals surface area contributed by atoms with E-state index in [2.05, 4.69) is 11.8 Å². The Morgan fingerprint density at radius 2 is 1.62 bits per heavy atom. The van der Waals surface area contributed by atoms with E-state index in [1.807, 2.05) is 0 Å². The van der Waals surface area contributed by atoms with Crippen molar-refractivity contribution < 1.29 is 15.0 Å². The standard InChI is InChI=1S/C17H31NO3/c18-14-8-2-1-4-10-16(11-5-3-9-15-19)12-6-7-13-17(20)21/h16,19H,1-5,7-11,13-15,18H2,(H,20,21). The maximum Gasteiger partial charge on any atom is 0.304 e. The molecule has 0 bridgehead atoms. The molecule has 0 rings (SSSR count). The van der Waals surface area contributed by atoms with Crippen LogP contribution in [0.2, 0.25) is 0 Å². The summed E-state index contributed by atoms with van der Waals surface area (Å²) in [7, 11) is 0. The molecule has 0 saturated carbocycles. The average Bonchev–Trinajstić information content (AvgIpc) is 2.46. The van der Waals surface area contributed by atoms with Crippen molar-refractivity contribution in [1.82, 2.24) is 0 Å². The van der Waals surface area contributed by atoms with Gasteiger partial charge in [-0.05, 0) is 32.2 Å². The summed E-state index contributed by atoms with van der Waals surface area (Å²) in [5.41, 5.74) is 5.48. The fourth-order valence-corrected chi connectivity index (χ4v) is 2.24. The monoisotopic (exact) mass is 297 g/mol. The van der Waals surface area contributed by atoms with Crippen molar-refractivity contribution in [2.75, 3.05) is 13.2 Å². The number of aliphatic hydroxyl groups is 1. The molecule has 0 aliphatic rings. The lowest BCUT2D eigenvalue weighted by Gasteiger charge is -2.10. The van der Waals surface area contributed by atoms with E-state index in [0.29, 0.717) is 12.3 Å². The number of nitrogens with two attached hydrogens (primary N) is 1. The maximum atomic E-state index is 10.5. The number of carboxylic acids is 1. The highest BCUT2D eigenvalue weighted by Gasteiger charge is 2.05. The molecule has 0 aromatic rings. The van der Waals surface area contributed by atoms with Gasteiger partial charge in [-0.1, -0.05) is 38.0 Å². The topological polar surface area (TPSA) is 83.6 Å². The van der Waals surface area contributed by atoms with Gasteiger partial charge in [0.05, 0.1) is 6.42 Å². The molecule has 0 radical (unpaired) electrons. The lowest BCUT2D eigenvalue weighted by molar-refractivity contribution is -0.136. The summed E-state index contributed by atoms with van der Waals surface area (Å²) in [6, 6.07) is 0. The maximum absolute atomic E-state index is 10.5. The third-order valence-corrected chi connectivity index (χ3v) is 3.49. The van der Waals surface area contributed by atoms with E-state index < -0.39 is 5.97 Å². The molecular weight excluding hydrogens is 266 g/mol. The molecule has 4 nitrogen and oxygen atoms in total. The summed E-state index contributed by atoms with van der Waals surface area (Å²) in [4.78, 5) is 10.5. The van der Waals surface area contributed by atoms with Crippen molar-refractivity contribution in [3.63, 3.8) is 0 Å². The third kappa shape index (κ3) is 15.2. The fraction of sp³-hybridized carbons (Fsp3) is 0.824. The average molecular weight is 297 g/mol. The van der Waals surface area contributed by atoms with Gasteiger partial charge in [0, 0.05) is 18.9 Å². The summed E-state index contributed by atoms with van der Waals surface area (Å²) in [6.45, 7) is 1.02. The second-order valence-electron chi connectivity index (χ2n) is 5.48. The van der Waals surface area contributed by atoms with Crippen molar-refractivity contribution in [2.45, 2.75) is 70.6 Å². The summed E-state index contributed by atoms with van der Waals surface area (Å²) in [6.07, 6.45) is 10.3. The van der Waals surface area contributed by atoms with Crippen LogP contribution in [0, 0.1) is 17.8 Å². The molecule has 1 atom stereocenters. The first kappa shape index (κ1) is 19.9. The van der Waals surface area contributed by atoms with Gasteiger partial charge in [-0.2, -0.15) is 0 Å². The van der Waals surface area contributed by atoms with Crippen LogP contribution in [-0.4, -0.2) is 29.3 Å². The first-order valence-corrected chi connectivity index (χ1v) is 8.21. The Kier molecular flexibility index (Phi) is 14.6. The van der Waals surface area contributed by atoms with Crippen molar-refractivity contribution in [1.29, 1.82) is 0 Å². The van der Waals surface area contributed by atoms with Crippen molar-refractivity contribution >= 4 is 5.97 Å². The molecule has 4 N–H and O–H groups in total. The Morgan fingerprint density at radius 3 is 2.19 bits per heavy atom. The first-order valence-electron chi connectivity index (χ1n) is 8.21. The smallest absolute Gasteiger partial charge is 0.304 e. The second kappa shape index (κ2) is 15.3. The van der Waals surface area contributed by atoms with Gasteiger partial charge in [0.15, 0.2) is 0 Å². The van der Waals surface area contributed by atoms with Gasteiger partial charge in [-0.3, -0.25) is 4.79 Å². The molecule has 4 heteroatoms. The van der Waals surface area contributed by atoms with E-state index in [9.17, 15) is 4.79 Å². The normalized spacial score (nSPS) is 11.7. The minimum absolute atomic E-state index is 0.126. The van der Waals surface area contributed by atoms with Crippen LogP contribution in [0.4, 0.5) is 0 Å². The van der Waals surface area contributed by atoms with Crippen LogP contribution in [0.25, 0.3) is 0 Å². The SMILES string of the molecule is NCCCCCCC(C#CCCC(=O)O)CCCCCO. The predicted molar refractivity (Wildman–Crippen MR) is 85.8 cm³/mol. The van der Waals surface area contributed by atoms with Gasteiger partial charge in [0.1, 0.15) is 0 Å². The molecule has 0 aliphatic carbocycles. The van der Waals surface area contributed by atoms with Crippen LogP contribution in [-0.2, 0) is 4.79 Å². The minimum atomic E-state index is -0.786. The van der Waals surface area contributed by atoms with Crippen LogP contribution in [0.1, 0.15) is 70.6 Å². The summed E-state index contributed by atoms with van der Waals surface area (Å²) in [5.74, 6) is 5.84. The lowest BCUT2D eigenvalue weighted by atomic mass is 9.95. The zero-order valence-corrected chi connectivity index (χ0v) is 13.1. The molecule has 1 unspecified atom stereocenters. The lowest BCUT2D eigenvalue weighted by Crippen LogP contribution is -2.00. The van der Waals surface area contributed by atoms with E-state index in [0.717, 1.165) is 51.5 Å².